The molecular formula is C19H18Br2O. The number of rotatable bonds is 2. The third-order valence-electron chi connectivity index (χ3n) is 4.47. The van der Waals surface area contributed by atoms with Crippen LogP contribution in [0.5, 0.6) is 0 Å². The van der Waals surface area contributed by atoms with Gasteiger partial charge in [0.05, 0.1) is 4.83 Å². The van der Waals surface area contributed by atoms with Gasteiger partial charge in [0.1, 0.15) is 4.32 Å². The second-order valence-corrected chi connectivity index (χ2v) is 8.90. The van der Waals surface area contributed by atoms with E-state index in [9.17, 15) is 4.79 Å². The summed E-state index contributed by atoms with van der Waals surface area (Å²) in [6.45, 7) is 4.41. The van der Waals surface area contributed by atoms with Crippen LogP contribution in [0.25, 0.3) is 0 Å². The van der Waals surface area contributed by atoms with Crippen molar-refractivity contribution >= 4 is 37.6 Å². The third-order valence-corrected chi connectivity index (χ3v) is 7.49. The minimum Gasteiger partial charge on any atom is -0.293 e. The normalized spacial score (nSPS) is 24.6. The molecule has 3 rings (SSSR count). The zero-order valence-corrected chi connectivity index (χ0v) is 15.8. The van der Waals surface area contributed by atoms with Gasteiger partial charge in [-0.05, 0) is 23.0 Å². The van der Waals surface area contributed by atoms with Crippen molar-refractivity contribution in [2.24, 2.45) is 0 Å². The van der Waals surface area contributed by atoms with Gasteiger partial charge in [-0.1, -0.05) is 100 Å². The van der Waals surface area contributed by atoms with Crippen molar-refractivity contribution in [3.8, 4) is 0 Å². The van der Waals surface area contributed by atoms with Crippen LogP contribution >= 0.6 is 31.9 Å². The average Bonchev–Trinajstić information content (AvgIpc) is 2.52. The summed E-state index contributed by atoms with van der Waals surface area (Å²) in [7, 11) is 0. The molecule has 1 nitrogen and oxygen atoms in total. The molecule has 114 valence electrons. The lowest BCUT2D eigenvalue weighted by atomic mass is 9.66. The van der Waals surface area contributed by atoms with Gasteiger partial charge in [0, 0.05) is 5.56 Å². The Morgan fingerprint density at radius 1 is 1.00 bits per heavy atom. The van der Waals surface area contributed by atoms with Crippen LogP contribution in [-0.2, 0) is 5.41 Å². The lowest BCUT2D eigenvalue weighted by Gasteiger charge is -2.44. The van der Waals surface area contributed by atoms with Gasteiger partial charge in [0.15, 0.2) is 5.78 Å². The number of carbonyl (C=O) groups is 1. The number of hydrogen-bond donors (Lipinski definition) is 0. The zero-order chi connectivity index (χ0) is 16.0. The van der Waals surface area contributed by atoms with E-state index < -0.39 is 4.32 Å². The van der Waals surface area contributed by atoms with Gasteiger partial charge >= 0.3 is 0 Å². The van der Waals surface area contributed by atoms with Crippen LogP contribution in [0.1, 0.15) is 46.6 Å². The second kappa shape index (κ2) is 5.61. The van der Waals surface area contributed by atoms with Gasteiger partial charge in [-0.3, -0.25) is 4.79 Å². The predicted molar refractivity (Wildman–Crippen MR) is 98.2 cm³/mol. The molecule has 2 aromatic carbocycles. The predicted octanol–water partition coefficient (Wildman–Crippen LogP) is 5.82. The van der Waals surface area contributed by atoms with E-state index >= 15 is 0 Å². The highest BCUT2D eigenvalue weighted by Gasteiger charge is 2.51. The summed E-state index contributed by atoms with van der Waals surface area (Å²) in [5.41, 5.74) is 3.02. The van der Waals surface area contributed by atoms with Crippen molar-refractivity contribution in [2.45, 2.75) is 34.8 Å². The Labute approximate surface area is 148 Å². The van der Waals surface area contributed by atoms with Crippen LogP contribution in [0.2, 0.25) is 0 Å². The standard InChI is InChI=1S/C19H18Br2O/c1-18(2)12-19(21,16(20)13-8-4-3-5-9-13)17(22)14-10-6-7-11-15(14)18/h3-11,16H,12H2,1-2H3/t16-,19+/m1/s1. The summed E-state index contributed by atoms with van der Waals surface area (Å²) in [5, 5.41) is 0. The van der Waals surface area contributed by atoms with E-state index in [2.05, 4.69) is 63.9 Å². The summed E-state index contributed by atoms with van der Waals surface area (Å²) in [6, 6.07) is 18.1. The molecule has 0 radical (unpaired) electrons. The molecule has 0 spiro atoms. The highest BCUT2D eigenvalue weighted by molar-refractivity contribution is 9.12. The third kappa shape index (κ3) is 2.48. The number of alkyl halides is 2. The van der Waals surface area contributed by atoms with Gasteiger partial charge in [0.2, 0.25) is 0 Å². The van der Waals surface area contributed by atoms with E-state index in [1.807, 2.05) is 36.4 Å². The first-order valence-electron chi connectivity index (χ1n) is 7.38. The molecule has 0 aromatic heterocycles. The first-order chi connectivity index (χ1) is 10.4. The SMILES string of the molecule is CC1(C)C[C@](Br)([C@H](Br)c2ccccc2)C(=O)c2ccccc21. The molecule has 2 atom stereocenters. The fourth-order valence-corrected chi connectivity index (χ4v) is 5.26. The van der Waals surface area contributed by atoms with Crippen LogP contribution in [0, 0.1) is 0 Å². The number of benzene rings is 2. The van der Waals surface area contributed by atoms with E-state index in [-0.39, 0.29) is 16.0 Å². The second-order valence-electron chi connectivity index (χ2n) is 6.57. The van der Waals surface area contributed by atoms with Crippen LogP contribution in [0.15, 0.2) is 54.6 Å². The number of hydrogen-bond acceptors (Lipinski definition) is 1. The topological polar surface area (TPSA) is 17.1 Å². The summed E-state index contributed by atoms with van der Waals surface area (Å²) in [4.78, 5) is 13.1. The summed E-state index contributed by atoms with van der Waals surface area (Å²) >= 11 is 7.59. The molecule has 0 heterocycles. The van der Waals surface area contributed by atoms with Crippen molar-refractivity contribution in [1.29, 1.82) is 0 Å². The smallest absolute Gasteiger partial charge is 0.181 e. The van der Waals surface area contributed by atoms with E-state index in [4.69, 9.17) is 0 Å². The maximum atomic E-state index is 13.2. The molecule has 22 heavy (non-hydrogen) atoms. The molecule has 0 saturated heterocycles. The summed E-state index contributed by atoms with van der Waals surface area (Å²) < 4.78 is -0.633. The Morgan fingerprint density at radius 3 is 2.27 bits per heavy atom. The van der Waals surface area contributed by atoms with E-state index in [1.165, 1.54) is 0 Å². The minimum absolute atomic E-state index is 0.0607. The average molecular weight is 422 g/mol. The van der Waals surface area contributed by atoms with Crippen LogP contribution in [0.3, 0.4) is 0 Å². The van der Waals surface area contributed by atoms with Crippen molar-refractivity contribution in [2.75, 3.05) is 0 Å². The van der Waals surface area contributed by atoms with Gasteiger partial charge in [-0.15, -0.1) is 0 Å². The number of Topliss-reactive ketones (excluding diaryl/α,β-unsaturated/α-hetero) is 1. The van der Waals surface area contributed by atoms with Crippen molar-refractivity contribution in [1.82, 2.24) is 0 Å². The Kier molecular flexibility index (Phi) is 4.07. The lowest BCUT2D eigenvalue weighted by Crippen LogP contribution is -2.47. The first-order valence-corrected chi connectivity index (χ1v) is 9.09. The number of ketones is 1. The van der Waals surface area contributed by atoms with Crippen molar-refractivity contribution in [3.05, 3.63) is 71.3 Å². The molecule has 2 aromatic rings. The monoisotopic (exact) mass is 420 g/mol. The first kappa shape index (κ1) is 15.9. The molecule has 0 aliphatic heterocycles. The highest BCUT2D eigenvalue weighted by atomic mass is 79.9. The fraction of sp³-hybridized carbons (Fsp3) is 0.316. The zero-order valence-electron chi connectivity index (χ0n) is 12.6. The molecule has 0 N–H and O–H groups in total. The van der Waals surface area contributed by atoms with Gasteiger partial charge in [-0.2, -0.15) is 0 Å². The molecule has 0 saturated carbocycles. The maximum absolute atomic E-state index is 13.2. The van der Waals surface area contributed by atoms with Crippen molar-refractivity contribution < 1.29 is 4.79 Å². The lowest BCUT2D eigenvalue weighted by molar-refractivity contribution is 0.0908. The van der Waals surface area contributed by atoms with Crippen LogP contribution in [-0.4, -0.2) is 10.1 Å². The quantitative estimate of drug-likeness (QED) is 0.558. The molecule has 1 aliphatic carbocycles. The molecular weight excluding hydrogens is 404 g/mol. The summed E-state index contributed by atoms with van der Waals surface area (Å²) in [6.07, 6.45) is 0.751. The maximum Gasteiger partial charge on any atom is 0.181 e. The van der Waals surface area contributed by atoms with Gasteiger partial charge in [0.25, 0.3) is 0 Å². The van der Waals surface area contributed by atoms with Crippen LogP contribution in [0.4, 0.5) is 0 Å². The van der Waals surface area contributed by atoms with E-state index in [0.717, 1.165) is 23.1 Å². The number of carbonyl (C=O) groups excluding carboxylic acids is 1. The van der Waals surface area contributed by atoms with Crippen LogP contribution < -0.4 is 0 Å². The fourth-order valence-electron chi connectivity index (χ4n) is 3.40. The Hall–Kier alpha value is -0.930. The molecule has 3 heteroatoms. The number of halogens is 2. The Morgan fingerprint density at radius 2 is 1.59 bits per heavy atom. The largest absolute Gasteiger partial charge is 0.293 e. The molecule has 0 amide bonds. The number of fused-ring (bicyclic) bond motifs is 1. The molecule has 0 unspecified atom stereocenters. The van der Waals surface area contributed by atoms with E-state index in [1.54, 1.807) is 0 Å². The van der Waals surface area contributed by atoms with Crippen molar-refractivity contribution in [3.63, 3.8) is 0 Å². The summed E-state index contributed by atoms with van der Waals surface area (Å²) in [5.74, 6) is 0.160. The molecule has 0 bridgehead atoms. The minimum atomic E-state index is -0.633. The molecule has 0 fully saturated rings. The Balaban J connectivity index is 2.11. The molecule has 1 aliphatic rings. The Bertz CT molecular complexity index is 708. The highest BCUT2D eigenvalue weighted by Crippen LogP contribution is 2.53. The van der Waals surface area contributed by atoms with Gasteiger partial charge in [-0.25, -0.2) is 0 Å². The van der Waals surface area contributed by atoms with E-state index in [0.29, 0.717) is 0 Å². The van der Waals surface area contributed by atoms with Gasteiger partial charge < -0.3 is 0 Å².